The van der Waals surface area contributed by atoms with Crippen molar-refractivity contribution in [1.82, 2.24) is 16.0 Å². The number of carbonyl (C=O) groups is 6. The molecule has 15 heteroatoms. The first-order chi connectivity index (χ1) is 21.2. The molecule has 0 aromatic heterocycles. The number of benzene rings is 2. The summed E-state index contributed by atoms with van der Waals surface area (Å²) in [5.41, 5.74) is 7.47. The van der Waals surface area contributed by atoms with Gasteiger partial charge in [0.2, 0.25) is 29.5 Å². The zero-order valence-corrected chi connectivity index (χ0v) is 24.3. The molecule has 2 aromatic carbocycles. The molecule has 0 unspecified atom stereocenters. The summed E-state index contributed by atoms with van der Waals surface area (Å²) in [5, 5.41) is 21.1. The van der Waals surface area contributed by atoms with Crippen LogP contribution in [0.1, 0.15) is 32.6 Å². The van der Waals surface area contributed by atoms with E-state index >= 15 is 0 Å². The van der Waals surface area contributed by atoms with Crippen LogP contribution in [0.3, 0.4) is 0 Å². The average Bonchev–Trinajstić information content (AvgIpc) is 3.39. The van der Waals surface area contributed by atoms with Crippen LogP contribution in [0.15, 0.2) is 58.8 Å². The van der Waals surface area contributed by atoms with E-state index in [-0.39, 0.29) is 56.3 Å². The fraction of sp³-hybridized carbons (Fsp3) is 0.379. The van der Waals surface area contributed by atoms with Crippen molar-refractivity contribution in [3.63, 3.8) is 0 Å². The molecule has 1 aliphatic rings. The van der Waals surface area contributed by atoms with Crippen LogP contribution in [0.2, 0.25) is 0 Å². The first kappa shape index (κ1) is 33.3. The van der Waals surface area contributed by atoms with Crippen molar-refractivity contribution in [3.8, 4) is 0 Å². The van der Waals surface area contributed by atoms with Crippen LogP contribution < -0.4 is 32.3 Å². The number of ether oxygens (including phenoxy) is 1. The normalized spacial score (nSPS) is 15.7. The Morgan fingerprint density at radius 2 is 1.39 bits per heavy atom. The Morgan fingerprint density at radius 3 is 1.95 bits per heavy atom. The van der Waals surface area contributed by atoms with Crippen molar-refractivity contribution in [1.29, 1.82) is 0 Å². The molecule has 0 spiro atoms. The van der Waals surface area contributed by atoms with Crippen LogP contribution >= 0.6 is 0 Å². The zero-order valence-electron chi connectivity index (χ0n) is 24.3. The van der Waals surface area contributed by atoms with Crippen LogP contribution in [-0.2, 0) is 33.5 Å². The van der Waals surface area contributed by atoms with Crippen molar-refractivity contribution < 1.29 is 33.5 Å². The van der Waals surface area contributed by atoms with Gasteiger partial charge in [-0.05, 0) is 74.7 Å². The molecule has 2 atom stereocenters. The summed E-state index contributed by atoms with van der Waals surface area (Å²) in [5.74, 6) is -2.74. The van der Waals surface area contributed by atoms with Crippen LogP contribution in [0.5, 0.6) is 0 Å². The topological polar surface area (TPSA) is 223 Å². The third-order valence-electron chi connectivity index (χ3n) is 6.40. The Labute approximate surface area is 253 Å². The van der Waals surface area contributed by atoms with Crippen molar-refractivity contribution in [2.45, 2.75) is 38.6 Å². The minimum Gasteiger partial charge on any atom is -0.464 e. The molecule has 44 heavy (non-hydrogen) atoms. The van der Waals surface area contributed by atoms with E-state index < -0.39 is 23.8 Å². The third-order valence-corrected chi connectivity index (χ3v) is 6.40. The van der Waals surface area contributed by atoms with Crippen molar-refractivity contribution in [3.05, 3.63) is 48.5 Å². The maximum atomic E-state index is 12.2. The van der Waals surface area contributed by atoms with E-state index in [2.05, 4.69) is 36.8 Å². The number of nitrogens with two attached hydrogens (primary N) is 1. The third kappa shape index (κ3) is 11.2. The molecular formula is C29H36N8O7. The van der Waals surface area contributed by atoms with Gasteiger partial charge >= 0.3 is 5.97 Å². The van der Waals surface area contributed by atoms with E-state index in [1.165, 1.54) is 0 Å². The molecule has 7 N–H and O–H groups in total. The Bertz CT molecular complexity index is 1360. The van der Waals surface area contributed by atoms with Crippen LogP contribution in [0.25, 0.3) is 0 Å². The summed E-state index contributed by atoms with van der Waals surface area (Å²) in [6, 6.07) is 12.6. The van der Waals surface area contributed by atoms with Gasteiger partial charge < -0.3 is 37.1 Å². The molecule has 1 saturated heterocycles. The minimum atomic E-state index is -0.659. The van der Waals surface area contributed by atoms with Gasteiger partial charge in [0.05, 0.1) is 37.6 Å². The fourth-order valence-electron chi connectivity index (χ4n) is 4.16. The number of hydrogen-bond acceptors (Lipinski definition) is 10. The predicted octanol–water partition coefficient (Wildman–Crippen LogP) is 1.41. The quantitative estimate of drug-likeness (QED) is 0.128. The Balaban J connectivity index is 1.30. The van der Waals surface area contributed by atoms with E-state index in [0.717, 1.165) is 0 Å². The number of azo groups is 1. The molecule has 15 nitrogen and oxygen atoms in total. The smallest absolute Gasteiger partial charge is 0.328 e. The molecule has 2 aromatic rings. The zero-order chi connectivity index (χ0) is 31.9. The van der Waals surface area contributed by atoms with Gasteiger partial charge in [0, 0.05) is 23.7 Å². The number of nitrogens with zero attached hydrogens (tertiary/aromatic N) is 2. The summed E-state index contributed by atoms with van der Waals surface area (Å²) in [6.07, 6.45) is 1.27. The van der Waals surface area contributed by atoms with Gasteiger partial charge in [0.25, 0.3) is 0 Å². The van der Waals surface area contributed by atoms with E-state index in [9.17, 15) is 28.8 Å². The molecule has 0 saturated carbocycles. The highest BCUT2D eigenvalue weighted by Crippen LogP contribution is 2.23. The largest absolute Gasteiger partial charge is 0.464 e. The molecule has 0 radical (unpaired) electrons. The fourth-order valence-corrected chi connectivity index (χ4v) is 4.16. The van der Waals surface area contributed by atoms with E-state index in [0.29, 0.717) is 42.0 Å². The Morgan fingerprint density at radius 1 is 0.841 bits per heavy atom. The number of hydrogen-bond donors (Lipinski definition) is 6. The molecule has 0 aliphatic carbocycles. The second-order valence-corrected chi connectivity index (χ2v) is 9.79. The molecule has 5 amide bonds. The van der Waals surface area contributed by atoms with E-state index in [4.69, 9.17) is 10.5 Å². The lowest BCUT2D eigenvalue weighted by Gasteiger charge is -2.09. The minimum absolute atomic E-state index is 0.109. The average molecular weight is 609 g/mol. The number of nitrogens with one attached hydrogen (secondary N) is 5. The van der Waals surface area contributed by atoms with Gasteiger partial charge in [0.15, 0.2) is 0 Å². The SMILES string of the molecule is CCOC(=O)[C@@H]1C[C@@H](CCCC(=O)NCC(=O)NCC(=O)Nc2ccc(N=Nc3ccc(NC(=O)CN)cc3)cc2)C(=O)N1. The summed E-state index contributed by atoms with van der Waals surface area (Å²) in [6.45, 7) is 1.22. The number of anilines is 2. The molecule has 234 valence electrons. The standard InChI is InChI=1S/C29H36N8O7/c1-2-44-29(43)23-14-18(28(42)35-23)4-3-5-24(38)31-16-26(40)32-17-27(41)34-20-8-12-22(13-9-20)37-36-21-10-6-19(7-11-21)33-25(39)15-30/h6-13,18,23H,2-5,14-17,30H2,1H3,(H,31,38)(H,32,40)(H,33,39)(H,34,41)(H,35,42)/t18-,23+/m1/s1. The van der Waals surface area contributed by atoms with Crippen LogP contribution in [0, 0.1) is 5.92 Å². The second kappa shape index (κ2) is 17.1. The second-order valence-electron chi connectivity index (χ2n) is 9.79. The van der Waals surface area contributed by atoms with Crippen LogP contribution in [-0.4, -0.2) is 67.8 Å². The highest BCUT2D eigenvalue weighted by atomic mass is 16.5. The van der Waals surface area contributed by atoms with Gasteiger partial charge in [-0.3, -0.25) is 24.0 Å². The molecule has 0 bridgehead atoms. The lowest BCUT2D eigenvalue weighted by atomic mass is 9.98. The van der Waals surface area contributed by atoms with Crippen LogP contribution in [0.4, 0.5) is 22.7 Å². The number of carbonyl (C=O) groups excluding carboxylic acids is 6. The van der Waals surface area contributed by atoms with Crippen molar-refractivity contribution >= 4 is 58.3 Å². The molecule has 1 heterocycles. The lowest BCUT2D eigenvalue weighted by molar-refractivity contribution is -0.146. The lowest BCUT2D eigenvalue weighted by Crippen LogP contribution is -2.40. The molecular weight excluding hydrogens is 572 g/mol. The Hall–Kier alpha value is -5.18. The van der Waals surface area contributed by atoms with Gasteiger partial charge in [0.1, 0.15) is 6.04 Å². The Kier molecular flexibility index (Phi) is 12.9. The van der Waals surface area contributed by atoms with Gasteiger partial charge in [-0.15, -0.1) is 0 Å². The maximum absolute atomic E-state index is 12.2. The van der Waals surface area contributed by atoms with Gasteiger partial charge in [-0.2, -0.15) is 10.2 Å². The van der Waals surface area contributed by atoms with Crippen molar-refractivity contribution in [2.75, 3.05) is 36.9 Å². The van der Waals surface area contributed by atoms with Crippen molar-refractivity contribution in [2.24, 2.45) is 21.9 Å². The first-order valence-corrected chi connectivity index (χ1v) is 14.1. The van der Waals surface area contributed by atoms with E-state index in [1.54, 1.807) is 55.5 Å². The summed E-state index contributed by atoms with van der Waals surface area (Å²) >= 11 is 0. The predicted molar refractivity (Wildman–Crippen MR) is 160 cm³/mol. The molecule has 1 fully saturated rings. The highest BCUT2D eigenvalue weighted by molar-refractivity contribution is 5.95. The molecule has 3 rings (SSSR count). The van der Waals surface area contributed by atoms with Gasteiger partial charge in [-0.1, -0.05) is 0 Å². The number of rotatable bonds is 15. The number of esters is 1. The monoisotopic (exact) mass is 608 g/mol. The maximum Gasteiger partial charge on any atom is 0.328 e. The summed E-state index contributed by atoms with van der Waals surface area (Å²) < 4.78 is 4.92. The first-order valence-electron chi connectivity index (χ1n) is 14.1. The van der Waals surface area contributed by atoms with E-state index in [1.807, 2.05) is 0 Å². The highest BCUT2D eigenvalue weighted by Gasteiger charge is 2.36. The van der Waals surface area contributed by atoms with Gasteiger partial charge in [-0.25, -0.2) is 4.79 Å². The molecule has 1 aliphatic heterocycles. The summed E-state index contributed by atoms with van der Waals surface area (Å²) in [4.78, 5) is 71.5. The number of amides is 5. The summed E-state index contributed by atoms with van der Waals surface area (Å²) in [7, 11) is 0.